The smallest absolute Gasteiger partial charge is 0.211 e. The lowest BCUT2D eigenvalue weighted by Crippen LogP contribution is -2.18. The van der Waals surface area contributed by atoms with Crippen molar-refractivity contribution in [2.75, 3.05) is 0 Å². The second-order valence-electron chi connectivity index (χ2n) is 4.52. The monoisotopic (exact) mass is 244 g/mol. The zero-order valence-electron chi connectivity index (χ0n) is 9.35. The molecular formula is C13H12N2OS. The van der Waals surface area contributed by atoms with E-state index in [0.717, 1.165) is 41.3 Å². The predicted octanol–water partition coefficient (Wildman–Crippen LogP) is 3.40. The van der Waals surface area contributed by atoms with Gasteiger partial charge in [0.25, 0.3) is 0 Å². The number of aromatic nitrogens is 1. The Hall–Kier alpha value is -1.51. The van der Waals surface area contributed by atoms with E-state index in [2.05, 4.69) is 27.6 Å². The first-order chi connectivity index (χ1) is 8.34. The van der Waals surface area contributed by atoms with Crippen molar-refractivity contribution in [3.63, 3.8) is 0 Å². The van der Waals surface area contributed by atoms with Crippen LogP contribution in [0, 0.1) is 0 Å². The van der Waals surface area contributed by atoms with Gasteiger partial charge in [-0.25, -0.2) is 4.79 Å². The van der Waals surface area contributed by atoms with Gasteiger partial charge in [0.2, 0.25) is 6.08 Å². The number of rotatable bonds is 2. The van der Waals surface area contributed by atoms with Gasteiger partial charge in [0.05, 0.1) is 10.2 Å². The predicted molar refractivity (Wildman–Crippen MR) is 67.9 cm³/mol. The highest BCUT2D eigenvalue weighted by Gasteiger charge is 2.35. The molecule has 0 aliphatic heterocycles. The summed E-state index contributed by atoms with van der Waals surface area (Å²) in [5, 5.41) is 1.15. The third kappa shape index (κ3) is 1.70. The maximum atomic E-state index is 10.7. The van der Waals surface area contributed by atoms with Crippen LogP contribution in [0.25, 0.3) is 10.1 Å². The molecule has 1 saturated carbocycles. The first-order valence-electron chi connectivity index (χ1n) is 5.78. The van der Waals surface area contributed by atoms with Crippen LogP contribution in [0.5, 0.6) is 0 Å². The molecule has 0 unspecified atom stereocenters. The lowest BCUT2D eigenvalue weighted by Gasteiger charge is -2.22. The van der Waals surface area contributed by atoms with Crippen molar-refractivity contribution >= 4 is 27.7 Å². The number of hydrogen-bond acceptors (Lipinski definition) is 4. The van der Waals surface area contributed by atoms with E-state index < -0.39 is 0 Å². The van der Waals surface area contributed by atoms with Crippen molar-refractivity contribution in [2.24, 2.45) is 4.99 Å². The third-order valence-corrected chi connectivity index (χ3v) is 4.35. The highest BCUT2D eigenvalue weighted by molar-refractivity contribution is 7.13. The minimum atomic E-state index is -0.320. The van der Waals surface area contributed by atoms with Crippen molar-refractivity contribution in [2.45, 2.75) is 31.2 Å². The Bertz CT molecular complexity index is 592. The van der Waals surface area contributed by atoms with Crippen molar-refractivity contribution in [1.29, 1.82) is 0 Å². The Labute approximate surface area is 103 Å². The Morgan fingerprint density at radius 2 is 2.18 bits per heavy atom. The fraction of sp³-hybridized carbons (Fsp3) is 0.385. The van der Waals surface area contributed by atoms with Crippen LogP contribution in [0.2, 0.25) is 0 Å². The van der Waals surface area contributed by atoms with Gasteiger partial charge in [0, 0.05) is 11.6 Å². The SMILES string of the molecule is O=C=NC1(c2ccc3cnsc3c2)CCCC1. The molecule has 0 saturated heterocycles. The molecule has 0 bridgehead atoms. The molecule has 1 heterocycles. The number of hydrogen-bond donors (Lipinski definition) is 0. The molecule has 86 valence electrons. The maximum absolute atomic E-state index is 10.7. The lowest BCUT2D eigenvalue weighted by atomic mass is 9.89. The molecule has 0 spiro atoms. The minimum Gasteiger partial charge on any atom is -0.211 e. The van der Waals surface area contributed by atoms with Crippen LogP contribution < -0.4 is 0 Å². The fourth-order valence-electron chi connectivity index (χ4n) is 2.66. The van der Waals surface area contributed by atoms with E-state index in [1.165, 1.54) is 11.5 Å². The highest BCUT2D eigenvalue weighted by atomic mass is 32.1. The van der Waals surface area contributed by atoms with Gasteiger partial charge in [-0.3, -0.25) is 0 Å². The van der Waals surface area contributed by atoms with Gasteiger partial charge in [0.15, 0.2) is 0 Å². The standard InChI is InChI=1S/C13H12N2OS/c16-9-14-13(5-1-2-6-13)11-4-3-10-8-15-17-12(10)7-11/h3-4,7-8H,1-2,5-6H2. The number of aliphatic imine (C=N–C) groups is 1. The second kappa shape index (κ2) is 4.06. The van der Waals surface area contributed by atoms with E-state index in [1.54, 1.807) is 6.08 Å². The van der Waals surface area contributed by atoms with Crippen LogP contribution in [-0.4, -0.2) is 10.5 Å². The largest absolute Gasteiger partial charge is 0.235 e. The van der Waals surface area contributed by atoms with Crippen LogP contribution >= 0.6 is 11.5 Å². The molecule has 1 aliphatic rings. The third-order valence-electron chi connectivity index (χ3n) is 3.58. The molecule has 3 rings (SSSR count). The minimum absolute atomic E-state index is 0.320. The summed E-state index contributed by atoms with van der Waals surface area (Å²) in [6, 6.07) is 6.26. The molecular weight excluding hydrogens is 232 g/mol. The molecule has 0 amide bonds. The van der Waals surface area contributed by atoms with Gasteiger partial charge in [-0.15, -0.1) is 0 Å². The molecule has 4 heteroatoms. The number of benzene rings is 1. The van der Waals surface area contributed by atoms with Crippen LogP contribution in [0.1, 0.15) is 31.2 Å². The topological polar surface area (TPSA) is 42.3 Å². The normalized spacial score (nSPS) is 18.1. The molecule has 0 radical (unpaired) electrons. The van der Waals surface area contributed by atoms with Crippen molar-refractivity contribution < 1.29 is 4.79 Å². The van der Waals surface area contributed by atoms with Crippen LogP contribution in [-0.2, 0) is 10.3 Å². The van der Waals surface area contributed by atoms with Gasteiger partial charge in [-0.2, -0.15) is 9.37 Å². The first-order valence-corrected chi connectivity index (χ1v) is 6.55. The molecule has 1 aromatic heterocycles. The summed E-state index contributed by atoms with van der Waals surface area (Å²) in [6.07, 6.45) is 7.79. The summed E-state index contributed by atoms with van der Waals surface area (Å²) in [6.45, 7) is 0. The Balaban J connectivity index is 2.14. The molecule has 0 atom stereocenters. The lowest BCUT2D eigenvalue weighted by molar-refractivity contribution is 0.456. The van der Waals surface area contributed by atoms with E-state index in [1.807, 2.05) is 6.20 Å². The summed E-state index contributed by atoms with van der Waals surface area (Å²) in [5.74, 6) is 0. The number of nitrogens with zero attached hydrogens (tertiary/aromatic N) is 2. The molecule has 3 nitrogen and oxygen atoms in total. The average Bonchev–Trinajstić information content (AvgIpc) is 2.96. The van der Waals surface area contributed by atoms with E-state index in [-0.39, 0.29) is 5.54 Å². The van der Waals surface area contributed by atoms with Crippen LogP contribution in [0.3, 0.4) is 0 Å². The second-order valence-corrected chi connectivity index (χ2v) is 5.35. The zero-order valence-corrected chi connectivity index (χ0v) is 10.2. The van der Waals surface area contributed by atoms with Crippen molar-refractivity contribution in [1.82, 2.24) is 4.37 Å². The molecule has 1 aliphatic carbocycles. The van der Waals surface area contributed by atoms with E-state index >= 15 is 0 Å². The quantitative estimate of drug-likeness (QED) is 0.600. The first kappa shape index (κ1) is 10.6. The van der Waals surface area contributed by atoms with Crippen molar-refractivity contribution in [3.05, 3.63) is 30.0 Å². The summed E-state index contributed by atoms with van der Waals surface area (Å²) >= 11 is 1.49. The number of fused-ring (bicyclic) bond motifs is 1. The van der Waals surface area contributed by atoms with Gasteiger partial charge >= 0.3 is 0 Å². The molecule has 0 N–H and O–H groups in total. The highest BCUT2D eigenvalue weighted by Crippen LogP contribution is 2.43. The van der Waals surface area contributed by atoms with Crippen LogP contribution in [0.4, 0.5) is 0 Å². The van der Waals surface area contributed by atoms with Gasteiger partial charge in [-0.05, 0) is 36.0 Å². The molecule has 1 aromatic carbocycles. The van der Waals surface area contributed by atoms with Gasteiger partial charge in [-0.1, -0.05) is 25.0 Å². The summed E-state index contributed by atoms with van der Waals surface area (Å²) in [7, 11) is 0. The number of carbonyl (C=O) groups excluding carboxylic acids is 1. The zero-order chi connectivity index (χ0) is 11.7. The Kier molecular flexibility index (Phi) is 2.54. The van der Waals surface area contributed by atoms with E-state index in [0.29, 0.717) is 0 Å². The number of isocyanates is 1. The van der Waals surface area contributed by atoms with Gasteiger partial charge < -0.3 is 0 Å². The van der Waals surface area contributed by atoms with Gasteiger partial charge in [0.1, 0.15) is 0 Å². The van der Waals surface area contributed by atoms with Crippen LogP contribution in [0.15, 0.2) is 29.4 Å². The van der Waals surface area contributed by atoms with E-state index in [4.69, 9.17) is 0 Å². The maximum Gasteiger partial charge on any atom is 0.235 e. The average molecular weight is 244 g/mol. The summed E-state index contributed by atoms with van der Waals surface area (Å²) in [4.78, 5) is 14.7. The Morgan fingerprint density at radius 1 is 1.35 bits per heavy atom. The van der Waals surface area contributed by atoms with Crippen molar-refractivity contribution in [3.8, 4) is 0 Å². The Morgan fingerprint density at radius 3 is 2.94 bits per heavy atom. The fourth-order valence-corrected chi connectivity index (χ4v) is 3.35. The molecule has 1 fully saturated rings. The molecule has 17 heavy (non-hydrogen) atoms. The van der Waals surface area contributed by atoms with E-state index in [9.17, 15) is 4.79 Å². The summed E-state index contributed by atoms with van der Waals surface area (Å²) in [5.41, 5.74) is 0.815. The summed E-state index contributed by atoms with van der Waals surface area (Å²) < 4.78 is 5.33. The molecule has 2 aromatic rings.